The SMILES string of the molecule is COc1cc(-c2cccnc2)ccc1-n1ccc(=O)c(-c2ccnn2-c2ccccc2)n1. The maximum atomic E-state index is 12.7. The largest absolute Gasteiger partial charge is 0.494 e. The van der Waals surface area contributed by atoms with Crippen molar-refractivity contribution in [3.05, 3.63) is 108 Å². The number of nitrogens with zero attached hydrogens (tertiary/aromatic N) is 5. The first-order valence-electron chi connectivity index (χ1n) is 10.0. The van der Waals surface area contributed by atoms with Crippen LogP contribution in [-0.4, -0.2) is 31.7 Å². The van der Waals surface area contributed by atoms with Crippen LogP contribution in [0, 0.1) is 0 Å². The topological polar surface area (TPSA) is 74.8 Å². The highest BCUT2D eigenvalue weighted by atomic mass is 16.5. The lowest BCUT2D eigenvalue weighted by molar-refractivity contribution is 0.411. The Morgan fingerprint density at radius 2 is 1.75 bits per heavy atom. The summed E-state index contributed by atoms with van der Waals surface area (Å²) in [6.45, 7) is 0. The van der Waals surface area contributed by atoms with Gasteiger partial charge >= 0.3 is 0 Å². The molecule has 2 aromatic carbocycles. The van der Waals surface area contributed by atoms with Gasteiger partial charge < -0.3 is 4.74 Å². The van der Waals surface area contributed by atoms with Gasteiger partial charge in [-0.25, -0.2) is 9.36 Å². The smallest absolute Gasteiger partial charge is 0.209 e. The third kappa shape index (κ3) is 3.56. The lowest BCUT2D eigenvalue weighted by Crippen LogP contribution is -2.15. The van der Waals surface area contributed by atoms with Crippen molar-refractivity contribution in [1.82, 2.24) is 24.5 Å². The van der Waals surface area contributed by atoms with Gasteiger partial charge in [-0.05, 0) is 42.0 Å². The van der Waals surface area contributed by atoms with E-state index in [1.165, 1.54) is 6.07 Å². The fourth-order valence-corrected chi connectivity index (χ4v) is 3.56. The fraction of sp³-hybridized carbons (Fsp3) is 0.0400. The Balaban J connectivity index is 1.60. The summed E-state index contributed by atoms with van der Waals surface area (Å²) < 4.78 is 8.99. The van der Waals surface area contributed by atoms with Crippen molar-refractivity contribution in [3.8, 4) is 39.6 Å². The number of pyridine rings is 1. The first-order chi connectivity index (χ1) is 15.7. The summed E-state index contributed by atoms with van der Waals surface area (Å²) in [6.07, 6.45) is 6.83. The van der Waals surface area contributed by atoms with Gasteiger partial charge in [-0.15, -0.1) is 0 Å². The molecule has 0 saturated carbocycles. The number of aromatic nitrogens is 5. The predicted octanol–water partition coefficient (Wildman–Crippen LogP) is 4.16. The van der Waals surface area contributed by atoms with E-state index in [0.717, 1.165) is 16.8 Å². The van der Waals surface area contributed by atoms with E-state index in [9.17, 15) is 4.79 Å². The van der Waals surface area contributed by atoms with Gasteiger partial charge in [0.1, 0.15) is 11.4 Å². The maximum absolute atomic E-state index is 12.7. The summed E-state index contributed by atoms with van der Waals surface area (Å²) in [4.78, 5) is 16.9. The van der Waals surface area contributed by atoms with Crippen LogP contribution >= 0.6 is 0 Å². The molecule has 0 unspecified atom stereocenters. The highest BCUT2D eigenvalue weighted by Gasteiger charge is 2.15. The minimum Gasteiger partial charge on any atom is -0.494 e. The third-order valence-electron chi connectivity index (χ3n) is 5.12. The van der Waals surface area contributed by atoms with Crippen LogP contribution in [0.4, 0.5) is 0 Å². The molecule has 0 fully saturated rings. The Labute approximate surface area is 184 Å². The van der Waals surface area contributed by atoms with E-state index in [1.54, 1.807) is 47.3 Å². The van der Waals surface area contributed by atoms with Gasteiger partial charge in [0, 0.05) is 30.2 Å². The summed E-state index contributed by atoms with van der Waals surface area (Å²) in [5, 5.41) is 9.02. The zero-order valence-corrected chi connectivity index (χ0v) is 17.3. The van der Waals surface area contributed by atoms with Gasteiger partial charge in [-0.1, -0.05) is 30.3 Å². The molecule has 7 nitrogen and oxygen atoms in total. The average molecular weight is 421 g/mol. The van der Waals surface area contributed by atoms with E-state index in [1.807, 2.05) is 60.7 Å². The molecule has 0 spiro atoms. The van der Waals surface area contributed by atoms with Crippen LogP contribution in [0.5, 0.6) is 5.75 Å². The van der Waals surface area contributed by atoms with Crippen molar-refractivity contribution in [3.63, 3.8) is 0 Å². The number of ether oxygens (including phenoxy) is 1. The summed E-state index contributed by atoms with van der Waals surface area (Å²) in [5.41, 5.74) is 4.24. The van der Waals surface area contributed by atoms with Gasteiger partial charge in [-0.3, -0.25) is 9.78 Å². The first kappa shape index (κ1) is 19.4. The monoisotopic (exact) mass is 421 g/mol. The zero-order chi connectivity index (χ0) is 21.9. The molecule has 0 aliphatic carbocycles. The van der Waals surface area contributed by atoms with Gasteiger partial charge in [0.15, 0.2) is 5.69 Å². The molecular formula is C25H19N5O2. The Kier molecular flexibility index (Phi) is 5.05. The van der Waals surface area contributed by atoms with Gasteiger partial charge in [0.25, 0.3) is 0 Å². The third-order valence-corrected chi connectivity index (χ3v) is 5.12. The number of methoxy groups -OCH3 is 1. The van der Waals surface area contributed by atoms with Gasteiger partial charge in [0.2, 0.25) is 5.43 Å². The molecule has 0 atom stereocenters. The number of hydrogen-bond acceptors (Lipinski definition) is 5. The van der Waals surface area contributed by atoms with E-state index >= 15 is 0 Å². The fourth-order valence-electron chi connectivity index (χ4n) is 3.56. The van der Waals surface area contributed by atoms with Crippen LogP contribution in [0.1, 0.15) is 0 Å². The first-order valence-corrected chi connectivity index (χ1v) is 10.0. The molecule has 0 N–H and O–H groups in total. The molecule has 5 aromatic rings. The van der Waals surface area contributed by atoms with Crippen molar-refractivity contribution in [2.75, 3.05) is 7.11 Å². The molecule has 5 rings (SSSR count). The van der Waals surface area contributed by atoms with Crippen molar-refractivity contribution in [2.24, 2.45) is 0 Å². The summed E-state index contributed by atoms with van der Waals surface area (Å²) in [6, 6.07) is 22.6. The number of para-hydroxylation sites is 1. The van der Waals surface area contributed by atoms with E-state index in [0.29, 0.717) is 22.8 Å². The van der Waals surface area contributed by atoms with Crippen molar-refractivity contribution in [1.29, 1.82) is 0 Å². The minimum atomic E-state index is -0.190. The number of rotatable bonds is 5. The molecule has 156 valence electrons. The van der Waals surface area contributed by atoms with Crippen molar-refractivity contribution < 1.29 is 4.74 Å². The Morgan fingerprint density at radius 1 is 0.875 bits per heavy atom. The molecule has 32 heavy (non-hydrogen) atoms. The van der Waals surface area contributed by atoms with E-state index < -0.39 is 0 Å². The maximum Gasteiger partial charge on any atom is 0.209 e. The zero-order valence-electron chi connectivity index (χ0n) is 17.3. The Morgan fingerprint density at radius 3 is 2.53 bits per heavy atom. The van der Waals surface area contributed by atoms with Crippen molar-refractivity contribution in [2.45, 2.75) is 0 Å². The molecule has 0 amide bonds. The van der Waals surface area contributed by atoms with E-state index in [2.05, 4.69) is 15.2 Å². The molecule has 0 saturated heterocycles. The molecule has 7 heteroatoms. The highest BCUT2D eigenvalue weighted by molar-refractivity contribution is 5.67. The van der Waals surface area contributed by atoms with Crippen LogP contribution < -0.4 is 10.2 Å². The number of benzene rings is 2. The molecular weight excluding hydrogens is 402 g/mol. The highest BCUT2D eigenvalue weighted by Crippen LogP contribution is 2.29. The molecule has 0 aliphatic rings. The second-order valence-electron chi connectivity index (χ2n) is 7.07. The van der Waals surface area contributed by atoms with Crippen LogP contribution in [0.25, 0.3) is 33.9 Å². The molecule has 0 radical (unpaired) electrons. The summed E-state index contributed by atoms with van der Waals surface area (Å²) >= 11 is 0. The van der Waals surface area contributed by atoms with E-state index in [4.69, 9.17) is 4.74 Å². The molecule has 0 aliphatic heterocycles. The standard InChI is InChI=1S/C25H19N5O2/c1-32-24-16-18(19-6-5-13-26-17-19)9-10-21(24)29-15-12-23(31)25(28-29)22-11-14-27-30(22)20-7-3-2-4-8-20/h2-17H,1H3. The summed E-state index contributed by atoms with van der Waals surface area (Å²) in [5.74, 6) is 0.630. The van der Waals surface area contributed by atoms with Crippen molar-refractivity contribution >= 4 is 0 Å². The van der Waals surface area contributed by atoms with Crippen LogP contribution in [0.2, 0.25) is 0 Å². The second-order valence-corrected chi connectivity index (χ2v) is 7.07. The van der Waals surface area contributed by atoms with Crippen LogP contribution in [0.15, 0.2) is 102 Å². The minimum absolute atomic E-state index is 0.190. The van der Waals surface area contributed by atoms with Crippen LogP contribution in [0.3, 0.4) is 0 Å². The predicted molar refractivity (Wildman–Crippen MR) is 122 cm³/mol. The van der Waals surface area contributed by atoms with Crippen LogP contribution in [-0.2, 0) is 0 Å². The molecule has 0 bridgehead atoms. The lowest BCUT2D eigenvalue weighted by Gasteiger charge is -2.14. The summed E-state index contributed by atoms with van der Waals surface area (Å²) in [7, 11) is 1.61. The number of hydrogen-bond donors (Lipinski definition) is 0. The quantitative estimate of drug-likeness (QED) is 0.426. The Hall–Kier alpha value is -4.52. The Bertz CT molecular complexity index is 1430. The molecule has 3 aromatic heterocycles. The van der Waals surface area contributed by atoms with E-state index in [-0.39, 0.29) is 5.43 Å². The van der Waals surface area contributed by atoms with Gasteiger partial charge in [-0.2, -0.15) is 10.2 Å². The molecule has 3 heterocycles. The van der Waals surface area contributed by atoms with Gasteiger partial charge in [0.05, 0.1) is 24.7 Å². The average Bonchev–Trinajstić information content (AvgIpc) is 3.35. The second kappa shape index (κ2) is 8.31. The normalized spacial score (nSPS) is 10.8. The lowest BCUT2D eigenvalue weighted by atomic mass is 10.1.